The van der Waals surface area contributed by atoms with Gasteiger partial charge in [-0.25, -0.2) is 0 Å². The number of hydrazine groups is 1. The lowest BCUT2D eigenvalue weighted by molar-refractivity contribution is 0.559. The summed E-state index contributed by atoms with van der Waals surface area (Å²) in [6.07, 6.45) is 3.68. The summed E-state index contributed by atoms with van der Waals surface area (Å²) in [5.74, 6) is 5.57. The molecule has 0 amide bonds. The molecule has 2 aromatic rings. The van der Waals surface area contributed by atoms with Crippen LogP contribution in [0.5, 0.6) is 0 Å². The average Bonchev–Trinajstić information content (AvgIpc) is 2.90. The summed E-state index contributed by atoms with van der Waals surface area (Å²) in [6.45, 7) is 2.15. The van der Waals surface area contributed by atoms with Crippen molar-refractivity contribution in [2.24, 2.45) is 5.84 Å². The Bertz CT molecular complexity index is 438. The van der Waals surface area contributed by atoms with E-state index in [9.17, 15) is 0 Å². The van der Waals surface area contributed by atoms with Gasteiger partial charge in [-0.15, -0.1) is 5.10 Å². The van der Waals surface area contributed by atoms with Crippen molar-refractivity contribution in [3.63, 3.8) is 0 Å². The first kappa shape index (κ1) is 12.2. The molecule has 1 atom stereocenters. The van der Waals surface area contributed by atoms with Crippen LogP contribution < -0.4 is 11.3 Å². The lowest BCUT2D eigenvalue weighted by atomic mass is 10.0. The third-order valence-electron chi connectivity index (χ3n) is 2.79. The highest BCUT2D eigenvalue weighted by Gasteiger charge is 2.12. The monoisotopic (exact) mass is 248 g/mol. The van der Waals surface area contributed by atoms with Gasteiger partial charge >= 0.3 is 0 Å². The quantitative estimate of drug-likeness (QED) is 0.626. The van der Waals surface area contributed by atoms with E-state index in [1.807, 2.05) is 0 Å². The first-order valence-corrected chi connectivity index (χ1v) is 6.42. The summed E-state index contributed by atoms with van der Waals surface area (Å²) < 4.78 is 3.86. The molecule has 0 aliphatic heterocycles. The zero-order valence-corrected chi connectivity index (χ0v) is 10.6. The van der Waals surface area contributed by atoms with Crippen molar-refractivity contribution >= 4 is 11.5 Å². The molecule has 0 saturated heterocycles. The maximum absolute atomic E-state index is 5.57. The number of nitrogens with one attached hydrogen (secondary N) is 1. The lowest BCUT2D eigenvalue weighted by Gasteiger charge is -2.13. The zero-order chi connectivity index (χ0) is 12.1. The van der Waals surface area contributed by atoms with Crippen molar-refractivity contribution in [2.45, 2.75) is 25.8 Å². The second-order valence-electron chi connectivity index (χ2n) is 3.91. The molecule has 0 spiro atoms. The molecule has 2 rings (SSSR count). The Hall–Kier alpha value is -1.30. The molecule has 5 heteroatoms. The van der Waals surface area contributed by atoms with Gasteiger partial charge in [0.05, 0.1) is 17.1 Å². The molecule has 1 unspecified atom stereocenters. The predicted octanol–water partition coefficient (Wildman–Crippen LogP) is 1.85. The summed E-state index contributed by atoms with van der Waals surface area (Å²) in [5.41, 5.74) is 5.43. The van der Waals surface area contributed by atoms with Gasteiger partial charge in [0.25, 0.3) is 0 Å². The summed E-state index contributed by atoms with van der Waals surface area (Å²) in [5, 5.41) is 3.83. The highest BCUT2D eigenvalue weighted by atomic mass is 32.1. The number of aromatic nitrogens is 2. The molecule has 0 aliphatic carbocycles. The number of rotatable bonds is 5. The van der Waals surface area contributed by atoms with E-state index in [0.717, 1.165) is 17.7 Å². The molecule has 1 heterocycles. The molecule has 0 saturated carbocycles. The van der Waals surface area contributed by atoms with Gasteiger partial charge in [0, 0.05) is 0 Å². The average molecular weight is 248 g/mol. The molecule has 90 valence electrons. The fourth-order valence-electron chi connectivity index (χ4n) is 1.72. The van der Waals surface area contributed by atoms with Gasteiger partial charge in [0.2, 0.25) is 0 Å². The van der Waals surface area contributed by atoms with E-state index in [0.29, 0.717) is 0 Å². The fraction of sp³-hybridized carbons (Fsp3) is 0.333. The molecule has 1 aromatic carbocycles. The van der Waals surface area contributed by atoms with E-state index >= 15 is 0 Å². The molecule has 1 aromatic heterocycles. The Morgan fingerprint density at radius 1 is 1.29 bits per heavy atom. The number of aryl methyl sites for hydroxylation is 1. The van der Waals surface area contributed by atoms with Crippen LogP contribution in [0.25, 0.3) is 0 Å². The number of hydrogen-bond acceptors (Lipinski definition) is 5. The van der Waals surface area contributed by atoms with Crippen molar-refractivity contribution in [1.82, 2.24) is 15.0 Å². The third kappa shape index (κ3) is 3.09. The summed E-state index contributed by atoms with van der Waals surface area (Å²) >= 11 is 1.38. The number of nitrogens with two attached hydrogens (primary N) is 1. The largest absolute Gasteiger partial charge is 0.271 e. The first-order valence-electron chi connectivity index (χ1n) is 5.64. The van der Waals surface area contributed by atoms with E-state index in [-0.39, 0.29) is 6.04 Å². The van der Waals surface area contributed by atoms with Crippen LogP contribution in [0, 0.1) is 0 Å². The molecular formula is C12H16N4S. The Morgan fingerprint density at radius 3 is 2.53 bits per heavy atom. The topological polar surface area (TPSA) is 63.8 Å². The van der Waals surface area contributed by atoms with Crippen molar-refractivity contribution in [3.05, 3.63) is 46.5 Å². The van der Waals surface area contributed by atoms with Crippen LogP contribution >= 0.6 is 11.5 Å². The van der Waals surface area contributed by atoms with Crippen LogP contribution in [0.1, 0.15) is 29.0 Å². The van der Waals surface area contributed by atoms with Crippen LogP contribution in [0.3, 0.4) is 0 Å². The zero-order valence-electron chi connectivity index (χ0n) is 9.76. The van der Waals surface area contributed by atoms with Crippen LogP contribution in [0.2, 0.25) is 0 Å². The van der Waals surface area contributed by atoms with Crippen LogP contribution in [0.4, 0.5) is 0 Å². The molecule has 0 bridgehead atoms. The minimum atomic E-state index is 0.0856. The number of benzene rings is 1. The summed E-state index contributed by atoms with van der Waals surface area (Å²) in [6, 6.07) is 8.71. The third-order valence-corrected chi connectivity index (χ3v) is 3.57. The number of nitrogens with zero attached hydrogens (tertiary/aromatic N) is 2. The minimum Gasteiger partial charge on any atom is -0.271 e. The van der Waals surface area contributed by atoms with Crippen molar-refractivity contribution in [3.8, 4) is 0 Å². The molecule has 3 N–H and O–H groups in total. The summed E-state index contributed by atoms with van der Waals surface area (Å²) in [7, 11) is 0. The Morgan fingerprint density at radius 2 is 2.00 bits per heavy atom. The molecular weight excluding hydrogens is 232 g/mol. The SMILES string of the molecule is CCc1ccc(CC(NN)c2cnns2)cc1. The van der Waals surface area contributed by atoms with E-state index in [1.54, 1.807) is 6.20 Å². The van der Waals surface area contributed by atoms with Crippen molar-refractivity contribution in [1.29, 1.82) is 0 Å². The van der Waals surface area contributed by atoms with Crippen molar-refractivity contribution in [2.75, 3.05) is 0 Å². The van der Waals surface area contributed by atoms with Gasteiger partial charge in [-0.3, -0.25) is 11.3 Å². The van der Waals surface area contributed by atoms with Crippen LogP contribution in [-0.4, -0.2) is 9.59 Å². The van der Waals surface area contributed by atoms with Crippen LogP contribution in [-0.2, 0) is 12.8 Å². The molecule has 4 nitrogen and oxygen atoms in total. The Labute approximate surface area is 105 Å². The smallest absolute Gasteiger partial charge is 0.0670 e. The van der Waals surface area contributed by atoms with Gasteiger partial charge in [0.1, 0.15) is 0 Å². The van der Waals surface area contributed by atoms with Gasteiger partial charge in [-0.2, -0.15) is 0 Å². The maximum Gasteiger partial charge on any atom is 0.0670 e. The molecule has 0 aliphatic rings. The second kappa shape index (κ2) is 5.86. The highest BCUT2D eigenvalue weighted by molar-refractivity contribution is 7.05. The first-order chi connectivity index (χ1) is 8.33. The molecule has 0 fully saturated rings. The van der Waals surface area contributed by atoms with Crippen LogP contribution in [0.15, 0.2) is 30.5 Å². The van der Waals surface area contributed by atoms with Gasteiger partial charge in [-0.1, -0.05) is 35.7 Å². The highest BCUT2D eigenvalue weighted by Crippen LogP contribution is 2.19. The van der Waals surface area contributed by atoms with E-state index < -0.39 is 0 Å². The number of hydrogen-bond donors (Lipinski definition) is 2. The molecule has 17 heavy (non-hydrogen) atoms. The Kier molecular flexibility index (Phi) is 4.19. The standard InChI is InChI=1S/C12H16N4S/c1-2-9-3-5-10(6-4-9)7-11(15-13)12-8-14-16-17-12/h3-6,8,11,15H,2,7,13H2,1H3. The van der Waals surface area contributed by atoms with Gasteiger partial charge in [-0.05, 0) is 35.5 Å². The second-order valence-corrected chi connectivity index (χ2v) is 4.73. The van der Waals surface area contributed by atoms with E-state index in [1.165, 1.54) is 22.7 Å². The van der Waals surface area contributed by atoms with Gasteiger partial charge < -0.3 is 0 Å². The van der Waals surface area contributed by atoms with E-state index in [2.05, 4.69) is 46.2 Å². The van der Waals surface area contributed by atoms with Crippen molar-refractivity contribution < 1.29 is 0 Å². The Balaban J connectivity index is 2.07. The minimum absolute atomic E-state index is 0.0856. The van der Waals surface area contributed by atoms with E-state index in [4.69, 9.17) is 5.84 Å². The van der Waals surface area contributed by atoms with Gasteiger partial charge in [0.15, 0.2) is 0 Å². The predicted molar refractivity (Wildman–Crippen MR) is 69.5 cm³/mol. The summed E-state index contributed by atoms with van der Waals surface area (Å²) in [4.78, 5) is 1.06. The molecule has 0 radical (unpaired) electrons. The lowest BCUT2D eigenvalue weighted by Crippen LogP contribution is -2.28. The maximum atomic E-state index is 5.57. The normalized spacial score (nSPS) is 12.6. The fourth-order valence-corrected chi connectivity index (χ4v) is 2.28.